The molecule has 0 aromatic carbocycles. The van der Waals surface area contributed by atoms with Crippen LogP contribution in [-0.4, -0.2) is 23.8 Å². The number of unbranched alkanes of at least 4 members (excludes halogenated alkanes) is 5. The summed E-state index contributed by atoms with van der Waals surface area (Å²) in [7, 11) is 0. The number of amides is 3. The van der Waals surface area contributed by atoms with Gasteiger partial charge in [0.15, 0.2) is 0 Å². The van der Waals surface area contributed by atoms with Crippen LogP contribution in [-0.2, 0) is 14.4 Å². The SMILES string of the molecule is CC[C@@H](C)CCCCCCCCC(=O)N[C@@H]1CC(=O)NC1=O. The molecule has 5 heteroatoms. The number of rotatable bonds is 11. The van der Waals surface area contributed by atoms with Gasteiger partial charge in [-0.1, -0.05) is 58.8 Å². The maximum absolute atomic E-state index is 11.7. The van der Waals surface area contributed by atoms with E-state index in [1.165, 1.54) is 32.1 Å². The van der Waals surface area contributed by atoms with Crippen LogP contribution in [0.5, 0.6) is 0 Å². The molecule has 2 N–H and O–H groups in total. The molecule has 1 aliphatic rings. The molecule has 126 valence electrons. The Hall–Kier alpha value is -1.39. The second-order valence-corrected chi connectivity index (χ2v) is 6.41. The second-order valence-electron chi connectivity index (χ2n) is 6.41. The quantitative estimate of drug-likeness (QED) is 0.455. The van der Waals surface area contributed by atoms with E-state index in [4.69, 9.17) is 0 Å². The highest BCUT2D eigenvalue weighted by atomic mass is 16.2. The lowest BCUT2D eigenvalue weighted by atomic mass is 10.00. The van der Waals surface area contributed by atoms with E-state index in [0.29, 0.717) is 6.42 Å². The van der Waals surface area contributed by atoms with E-state index < -0.39 is 6.04 Å². The lowest BCUT2D eigenvalue weighted by Crippen LogP contribution is -2.40. The molecule has 1 rings (SSSR count). The Morgan fingerprint density at radius 2 is 1.82 bits per heavy atom. The zero-order valence-electron chi connectivity index (χ0n) is 14.0. The van der Waals surface area contributed by atoms with Gasteiger partial charge in [0.25, 0.3) is 0 Å². The monoisotopic (exact) mass is 310 g/mol. The minimum absolute atomic E-state index is 0.0702. The van der Waals surface area contributed by atoms with Crippen molar-refractivity contribution in [3.8, 4) is 0 Å². The molecule has 0 spiro atoms. The van der Waals surface area contributed by atoms with Gasteiger partial charge < -0.3 is 5.32 Å². The summed E-state index contributed by atoms with van der Waals surface area (Å²) in [5.74, 6) is 0.00216. The number of carbonyl (C=O) groups is 3. The predicted octanol–water partition coefficient (Wildman–Crippen LogP) is 2.68. The number of carbonyl (C=O) groups excluding carboxylic acids is 3. The first-order valence-corrected chi connectivity index (χ1v) is 8.66. The second kappa shape index (κ2) is 10.4. The summed E-state index contributed by atoms with van der Waals surface area (Å²) in [6, 6.07) is -0.666. The van der Waals surface area contributed by atoms with E-state index in [0.717, 1.165) is 25.2 Å². The van der Waals surface area contributed by atoms with Crippen molar-refractivity contribution in [2.45, 2.75) is 84.1 Å². The summed E-state index contributed by atoms with van der Waals surface area (Å²) in [6.07, 6.45) is 9.97. The van der Waals surface area contributed by atoms with Crippen LogP contribution < -0.4 is 10.6 Å². The Labute approximate surface area is 133 Å². The summed E-state index contributed by atoms with van der Waals surface area (Å²) in [5.41, 5.74) is 0. The fourth-order valence-electron chi connectivity index (χ4n) is 2.63. The van der Waals surface area contributed by atoms with E-state index >= 15 is 0 Å². The topological polar surface area (TPSA) is 75.3 Å². The van der Waals surface area contributed by atoms with Gasteiger partial charge in [-0.05, 0) is 12.3 Å². The first-order chi connectivity index (χ1) is 10.5. The van der Waals surface area contributed by atoms with E-state index in [1.54, 1.807) is 0 Å². The molecular formula is C17H30N2O3. The van der Waals surface area contributed by atoms with Crippen LogP contribution in [0, 0.1) is 5.92 Å². The van der Waals surface area contributed by atoms with E-state index in [-0.39, 0.29) is 24.1 Å². The Bertz CT molecular complexity index is 382. The molecule has 0 radical (unpaired) electrons. The molecule has 1 heterocycles. The predicted molar refractivity (Wildman–Crippen MR) is 86.1 cm³/mol. The zero-order valence-corrected chi connectivity index (χ0v) is 14.0. The molecule has 5 nitrogen and oxygen atoms in total. The molecule has 1 saturated heterocycles. The largest absolute Gasteiger partial charge is 0.344 e. The maximum atomic E-state index is 11.7. The summed E-state index contributed by atoms with van der Waals surface area (Å²) in [5, 5.41) is 4.80. The van der Waals surface area contributed by atoms with Gasteiger partial charge in [0, 0.05) is 6.42 Å². The lowest BCUT2D eigenvalue weighted by Gasteiger charge is -2.09. The van der Waals surface area contributed by atoms with Crippen LogP contribution >= 0.6 is 0 Å². The molecule has 3 amide bonds. The van der Waals surface area contributed by atoms with Gasteiger partial charge in [-0.2, -0.15) is 0 Å². The molecule has 0 saturated carbocycles. The first kappa shape index (κ1) is 18.7. The minimum atomic E-state index is -0.666. The van der Waals surface area contributed by atoms with Crippen LogP contribution in [0.3, 0.4) is 0 Å². The van der Waals surface area contributed by atoms with Crippen LogP contribution in [0.25, 0.3) is 0 Å². The highest BCUT2D eigenvalue weighted by molar-refractivity contribution is 6.06. The van der Waals surface area contributed by atoms with E-state index in [1.807, 2.05) is 0 Å². The van der Waals surface area contributed by atoms with Gasteiger partial charge in [0.1, 0.15) is 6.04 Å². The lowest BCUT2D eigenvalue weighted by molar-refractivity contribution is -0.128. The van der Waals surface area contributed by atoms with Gasteiger partial charge in [0.2, 0.25) is 17.7 Å². The standard InChI is InChI=1S/C17H30N2O3/c1-3-13(2)10-8-6-4-5-7-9-11-15(20)18-14-12-16(21)19-17(14)22/h13-14H,3-12H2,1-2H3,(H,18,20)(H,19,21,22)/t13-,14-/m1/s1. The summed E-state index contributed by atoms with van der Waals surface area (Å²) in [6.45, 7) is 4.54. The van der Waals surface area contributed by atoms with Gasteiger partial charge in [0.05, 0.1) is 6.42 Å². The number of hydrogen-bond acceptors (Lipinski definition) is 3. The third-order valence-corrected chi connectivity index (χ3v) is 4.35. The van der Waals surface area contributed by atoms with Crippen molar-refractivity contribution >= 4 is 17.7 Å². The average Bonchev–Trinajstić information content (AvgIpc) is 2.79. The Balaban J connectivity index is 1.95. The Morgan fingerprint density at radius 3 is 2.41 bits per heavy atom. The molecule has 0 aromatic rings. The highest BCUT2D eigenvalue weighted by Crippen LogP contribution is 2.14. The van der Waals surface area contributed by atoms with Crippen molar-refractivity contribution in [1.82, 2.24) is 10.6 Å². The third kappa shape index (κ3) is 7.57. The molecule has 0 aliphatic carbocycles. The maximum Gasteiger partial charge on any atom is 0.249 e. The number of hydrogen-bond donors (Lipinski definition) is 2. The fourth-order valence-corrected chi connectivity index (χ4v) is 2.63. The van der Waals surface area contributed by atoms with Crippen LogP contribution in [0.1, 0.15) is 78.1 Å². The third-order valence-electron chi connectivity index (χ3n) is 4.35. The highest BCUT2D eigenvalue weighted by Gasteiger charge is 2.31. The van der Waals surface area contributed by atoms with Crippen molar-refractivity contribution in [3.63, 3.8) is 0 Å². The molecule has 1 fully saturated rings. The summed E-state index contributed by atoms with van der Waals surface area (Å²) < 4.78 is 0. The Kier molecular flexibility index (Phi) is 8.78. The van der Waals surface area contributed by atoms with Crippen molar-refractivity contribution in [1.29, 1.82) is 0 Å². The molecule has 2 atom stereocenters. The Morgan fingerprint density at radius 1 is 1.18 bits per heavy atom. The van der Waals surface area contributed by atoms with Gasteiger partial charge in [-0.3, -0.25) is 19.7 Å². The average molecular weight is 310 g/mol. The van der Waals surface area contributed by atoms with Crippen molar-refractivity contribution in [2.75, 3.05) is 0 Å². The van der Waals surface area contributed by atoms with E-state index in [9.17, 15) is 14.4 Å². The molecule has 1 aliphatic heterocycles. The van der Waals surface area contributed by atoms with Crippen LogP contribution in [0.2, 0.25) is 0 Å². The van der Waals surface area contributed by atoms with Crippen molar-refractivity contribution in [3.05, 3.63) is 0 Å². The van der Waals surface area contributed by atoms with Gasteiger partial charge in [-0.25, -0.2) is 0 Å². The van der Waals surface area contributed by atoms with Crippen LogP contribution in [0.15, 0.2) is 0 Å². The molecule has 0 unspecified atom stereocenters. The smallest absolute Gasteiger partial charge is 0.249 e. The normalized spacial score (nSPS) is 19.1. The number of imide groups is 1. The fraction of sp³-hybridized carbons (Fsp3) is 0.824. The molecule has 22 heavy (non-hydrogen) atoms. The van der Waals surface area contributed by atoms with Gasteiger partial charge >= 0.3 is 0 Å². The molecule has 0 aromatic heterocycles. The zero-order chi connectivity index (χ0) is 16.4. The minimum Gasteiger partial charge on any atom is -0.344 e. The molecule has 0 bridgehead atoms. The van der Waals surface area contributed by atoms with Gasteiger partial charge in [-0.15, -0.1) is 0 Å². The van der Waals surface area contributed by atoms with Crippen molar-refractivity contribution < 1.29 is 14.4 Å². The first-order valence-electron chi connectivity index (χ1n) is 8.66. The summed E-state index contributed by atoms with van der Waals surface area (Å²) in [4.78, 5) is 34.0. The van der Waals surface area contributed by atoms with Crippen molar-refractivity contribution in [2.24, 2.45) is 5.92 Å². The van der Waals surface area contributed by atoms with Crippen LogP contribution in [0.4, 0.5) is 0 Å². The number of nitrogens with one attached hydrogen (secondary N) is 2. The summed E-state index contributed by atoms with van der Waals surface area (Å²) >= 11 is 0. The van der Waals surface area contributed by atoms with E-state index in [2.05, 4.69) is 24.5 Å². The molecular weight excluding hydrogens is 280 g/mol.